The zero-order valence-corrected chi connectivity index (χ0v) is 28.9. The summed E-state index contributed by atoms with van der Waals surface area (Å²) in [6, 6.07) is 19.7. The van der Waals surface area contributed by atoms with E-state index in [1.165, 1.54) is 70.6 Å². The fraction of sp³-hybridized carbons (Fsp3) is 0.641. The molecule has 0 heterocycles. The van der Waals surface area contributed by atoms with Gasteiger partial charge in [-0.3, -0.25) is 9.59 Å². The third-order valence-electron chi connectivity index (χ3n) is 8.04. The number of carbonyl (C=O) groups excluding carboxylic acids is 2. The van der Waals surface area contributed by atoms with Gasteiger partial charge in [0.2, 0.25) is 0 Å². The predicted octanol–water partition coefficient (Wildman–Crippen LogP) is 9.19. The Morgan fingerprint density at radius 1 is 0.600 bits per heavy atom. The first-order valence-electron chi connectivity index (χ1n) is 17.6. The number of hydrogen-bond acceptors (Lipinski definition) is 5. The molecule has 6 heteroatoms. The van der Waals surface area contributed by atoms with E-state index in [0.717, 1.165) is 30.4 Å². The Morgan fingerprint density at radius 3 is 1.58 bits per heavy atom. The average molecular weight is 625 g/mol. The van der Waals surface area contributed by atoms with E-state index in [4.69, 9.17) is 14.2 Å². The summed E-state index contributed by atoms with van der Waals surface area (Å²) in [6.07, 6.45) is 17.2. The second-order valence-electron chi connectivity index (χ2n) is 13.6. The number of esters is 2. The second kappa shape index (κ2) is 23.6. The van der Waals surface area contributed by atoms with Crippen LogP contribution in [0.2, 0.25) is 0 Å². The summed E-state index contributed by atoms with van der Waals surface area (Å²) in [6.45, 7) is 3.46. The van der Waals surface area contributed by atoms with Crippen molar-refractivity contribution in [3.05, 3.63) is 71.8 Å². The normalized spacial score (nSPS) is 12.9. The van der Waals surface area contributed by atoms with Crippen molar-refractivity contribution in [2.75, 3.05) is 27.7 Å². The lowest BCUT2D eigenvalue weighted by atomic mass is 10.0. The number of hydrogen-bond donors (Lipinski definition) is 0. The molecule has 2 rings (SSSR count). The quantitative estimate of drug-likeness (QED) is 0.0593. The minimum atomic E-state index is -0.563. The van der Waals surface area contributed by atoms with Gasteiger partial charge in [0.15, 0.2) is 6.10 Å². The van der Waals surface area contributed by atoms with Crippen molar-refractivity contribution in [3.8, 4) is 0 Å². The van der Waals surface area contributed by atoms with Crippen LogP contribution in [0.3, 0.4) is 0 Å². The summed E-state index contributed by atoms with van der Waals surface area (Å²) >= 11 is 0. The maximum absolute atomic E-state index is 13.2. The molecule has 0 spiro atoms. The van der Waals surface area contributed by atoms with Crippen LogP contribution in [0, 0.1) is 0 Å². The van der Waals surface area contributed by atoms with Gasteiger partial charge in [-0.05, 0) is 17.5 Å². The Labute approximate surface area is 274 Å². The van der Waals surface area contributed by atoms with Crippen molar-refractivity contribution < 1.29 is 28.3 Å². The van der Waals surface area contributed by atoms with Gasteiger partial charge in [-0.25, -0.2) is 0 Å². The molecule has 0 saturated heterocycles. The number of quaternary nitrogens is 1. The highest BCUT2D eigenvalue weighted by Crippen LogP contribution is 2.18. The molecule has 2 aromatic rings. The monoisotopic (exact) mass is 624 g/mol. The zero-order valence-electron chi connectivity index (χ0n) is 28.9. The summed E-state index contributed by atoms with van der Waals surface area (Å²) < 4.78 is 18.2. The van der Waals surface area contributed by atoms with Crippen molar-refractivity contribution in [1.82, 2.24) is 0 Å². The standard InChI is InChI=1S/C39H62NO5/c1-5-6-7-8-9-10-11-12-13-14-15-16-23-28-36(43-32-34-24-19-17-20-25-34)29-39(42)45-37(31-40(2,3)4)30-38(41)44-33-35-26-21-18-22-27-35/h17-22,24-27,36-37H,5-16,23,28-33H2,1-4H3/q+1/t36?,37-/m1/s1. The summed E-state index contributed by atoms with van der Waals surface area (Å²) in [5.74, 6) is -0.689. The van der Waals surface area contributed by atoms with E-state index in [1.54, 1.807) is 0 Å². The number of unbranched alkanes of at least 4 members (excludes halogenated alkanes) is 12. The molecular weight excluding hydrogens is 562 g/mol. The van der Waals surface area contributed by atoms with Crippen LogP contribution in [0.5, 0.6) is 0 Å². The van der Waals surface area contributed by atoms with Crippen molar-refractivity contribution in [2.24, 2.45) is 0 Å². The van der Waals surface area contributed by atoms with E-state index in [0.29, 0.717) is 17.6 Å². The van der Waals surface area contributed by atoms with Gasteiger partial charge in [-0.1, -0.05) is 151 Å². The highest BCUT2D eigenvalue weighted by Gasteiger charge is 2.27. The van der Waals surface area contributed by atoms with E-state index in [2.05, 4.69) is 6.92 Å². The summed E-state index contributed by atoms with van der Waals surface area (Å²) in [5, 5.41) is 0. The minimum absolute atomic E-state index is 0.0302. The lowest BCUT2D eigenvalue weighted by molar-refractivity contribution is -0.873. The van der Waals surface area contributed by atoms with Gasteiger partial charge in [0.05, 0.1) is 46.7 Å². The molecule has 252 valence electrons. The smallest absolute Gasteiger partial charge is 0.310 e. The molecule has 0 radical (unpaired) electrons. The molecule has 45 heavy (non-hydrogen) atoms. The number of nitrogens with zero attached hydrogens (tertiary/aromatic N) is 1. The van der Waals surface area contributed by atoms with Gasteiger partial charge in [0.1, 0.15) is 13.2 Å². The lowest BCUT2D eigenvalue weighted by Crippen LogP contribution is -2.44. The molecule has 0 aliphatic rings. The Morgan fingerprint density at radius 2 is 1.07 bits per heavy atom. The topological polar surface area (TPSA) is 61.8 Å². The largest absolute Gasteiger partial charge is 0.461 e. The van der Waals surface area contributed by atoms with Gasteiger partial charge >= 0.3 is 11.9 Å². The number of rotatable bonds is 26. The maximum Gasteiger partial charge on any atom is 0.310 e. The molecular formula is C39H62NO5+. The number of carbonyl (C=O) groups is 2. The first-order chi connectivity index (χ1) is 21.7. The van der Waals surface area contributed by atoms with E-state index in [1.807, 2.05) is 81.8 Å². The second-order valence-corrected chi connectivity index (χ2v) is 13.6. The van der Waals surface area contributed by atoms with Crippen molar-refractivity contribution in [3.63, 3.8) is 0 Å². The molecule has 0 bridgehead atoms. The van der Waals surface area contributed by atoms with E-state index >= 15 is 0 Å². The number of likely N-dealkylation sites (N-methyl/N-ethyl adjacent to an activating group) is 1. The third kappa shape index (κ3) is 20.9. The zero-order chi connectivity index (χ0) is 32.6. The lowest BCUT2D eigenvalue weighted by Gasteiger charge is -2.29. The molecule has 6 nitrogen and oxygen atoms in total. The highest BCUT2D eigenvalue weighted by molar-refractivity contribution is 5.73. The molecule has 2 atom stereocenters. The van der Waals surface area contributed by atoms with Gasteiger partial charge in [-0.15, -0.1) is 0 Å². The molecule has 0 fully saturated rings. The van der Waals surface area contributed by atoms with Crippen LogP contribution >= 0.6 is 0 Å². The van der Waals surface area contributed by atoms with Crippen molar-refractivity contribution in [2.45, 2.75) is 135 Å². The first-order valence-corrected chi connectivity index (χ1v) is 17.6. The van der Waals surface area contributed by atoms with Crippen LogP contribution in [0.4, 0.5) is 0 Å². The molecule has 1 unspecified atom stereocenters. The van der Waals surface area contributed by atoms with Crippen LogP contribution in [-0.4, -0.2) is 56.3 Å². The Bertz CT molecular complexity index is 1020. The van der Waals surface area contributed by atoms with Gasteiger partial charge in [-0.2, -0.15) is 0 Å². The molecule has 0 aliphatic heterocycles. The molecule has 0 aliphatic carbocycles. The Kier molecular flexibility index (Phi) is 20.2. The SMILES string of the molecule is CCCCCCCCCCCCCCCC(CC(=O)O[C@H](CC(=O)OCc1ccccc1)C[N+](C)(C)C)OCc1ccccc1. The molecule has 0 amide bonds. The van der Waals surface area contributed by atoms with Crippen molar-refractivity contribution >= 4 is 11.9 Å². The fourth-order valence-electron chi connectivity index (χ4n) is 5.58. The van der Waals surface area contributed by atoms with E-state index in [-0.39, 0.29) is 37.5 Å². The Hall–Kier alpha value is -2.70. The summed E-state index contributed by atoms with van der Waals surface area (Å²) in [5.41, 5.74) is 2.02. The van der Waals surface area contributed by atoms with E-state index in [9.17, 15) is 9.59 Å². The summed E-state index contributed by atoms with van der Waals surface area (Å²) in [7, 11) is 6.07. The van der Waals surface area contributed by atoms with Gasteiger partial charge in [0, 0.05) is 0 Å². The molecule has 0 aromatic heterocycles. The van der Waals surface area contributed by atoms with Crippen LogP contribution in [0.15, 0.2) is 60.7 Å². The minimum Gasteiger partial charge on any atom is -0.461 e. The number of benzene rings is 2. The van der Waals surface area contributed by atoms with Crippen LogP contribution in [0.1, 0.15) is 121 Å². The fourth-order valence-corrected chi connectivity index (χ4v) is 5.58. The van der Waals surface area contributed by atoms with Crippen LogP contribution in [-0.2, 0) is 37.0 Å². The first kappa shape index (κ1) is 38.5. The number of ether oxygens (including phenoxy) is 3. The average Bonchev–Trinajstić information content (AvgIpc) is 3.01. The molecule has 0 N–H and O–H groups in total. The highest BCUT2D eigenvalue weighted by atomic mass is 16.6. The van der Waals surface area contributed by atoms with E-state index < -0.39 is 6.10 Å². The molecule has 2 aromatic carbocycles. The maximum atomic E-state index is 13.2. The van der Waals surface area contributed by atoms with Gasteiger partial charge < -0.3 is 18.7 Å². The summed E-state index contributed by atoms with van der Waals surface area (Å²) in [4.78, 5) is 25.9. The van der Waals surface area contributed by atoms with Crippen molar-refractivity contribution in [1.29, 1.82) is 0 Å². The Balaban J connectivity index is 1.79. The van der Waals surface area contributed by atoms with Crippen LogP contribution in [0.25, 0.3) is 0 Å². The predicted molar refractivity (Wildman–Crippen MR) is 184 cm³/mol. The molecule has 0 saturated carbocycles. The third-order valence-corrected chi connectivity index (χ3v) is 8.04. The van der Waals surface area contributed by atoms with Crippen LogP contribution < -0.4 is 0 Å². The van der Waals surface area contributed by atoms with Gasteiger partial charge in [0.25, 0.3) is 0 Å².